The van der Waals surface area contributed by atoms with Crippen LogP contribution in [0.3, 0.4) is 0 Å². The fraction of sp³-hybridized carbons (Fsp3) is 0.318. The molecule has 0 radical (unpaired) electrons. The van der Waals surface area contributed by atoms with E-state index in [1.807, 2.05) is 0 Å². The van der Waals surface area contributed by atoms with Crippen molar-refractivity contribution in [2.24, 2.45) is 0 Å². The number of aliphatic hydroxyl groups is 2. The van der Waals surface area contributed by atoms with Crippen LogP contribution < -0.4 is 10.2 Å². The summed E-state index contributed by atoms with van der Waals surface area (Å²) < 4.78 is 17.3. The largest absolute Gasteiger partial charge is 0.508 e. The lowest BCUT2D eigenvalue weighted by molar-refractivity contribution is -0.163. The van der Waals surface area contributed by atoms with E-state index < -0.39 is 29.8 Å². The molecule has 1 aliphatic heterocycles. The molecular weight excluding hydrogens is 392 g/mol. The molecule has 0 saturated carbocycles. The third kappa shape index (κ3) is 3.39. The topological polar surface area (TPSA) is 130 Å². The number of aliphatic hydroxyl groups excluding tert-OH is 2. The Kier molecular flexibility index (Phi) is 5.15. The second kappa shape index (κ2) is 7.64. The molecule has 1 saturated heterocycles. The van der Waals surface area contributed by atoms with Gasteiger partial charge in [0.25, 0.3) is 0 Å². The van der Waals surface area contributed by atoms with Crippen LogP contribution in [0, 0.1) is 0 Å². The Hall–Kier alpha value is -3.07. The van der Waals surface area contributed by atoms with Crippen molar-refractivity contribution >= 4 is 11.0 Å². The lowest BCUT2D eigenvalue weighted by Crippen LogP contribution is -2.44. The number of ether oxygens (including phenoxy) is 2. The highest BCUT2D eigenvalue weighted by Gasteiger charge is 2.38. The van der Waals surface area contributed by atoms with Gasteiger partial charge in [-0.1, -0.05) is 0 Å². The van der Waals surface area contributed by atoms with E-state index in [0.29, 0.717) is 11.1 Å². The molecule has 0 unspecified atom stereocenters. The first-order chi connectivity index (χ1) is 14.3. The van der Waals surface area contributed by atoms with Crippen molar-refractivity contribution in [2.75, 3.05) is 7.11 Å². The molecule has 0 spiro atoms. The lowest BCUT2D eigenvalue weighted by atomic mass is 9.92. The first kappa shape index (κ1) is 20.2. The summed E-state index contributed by atoms with van der Waals surface area (Å²) in [5, 5.41) is 40.2. The summed E-state index contributed by atoms with van der Waals surface area (Å²) in [6.45, 7) is 1.63. The quantitative estimate of drug-likeness (QED) is 0.514. The van der Waals surface area contributed by atoms with Crippen LogP contribution >= 0.6 is 0 Å². The Morgan fingerprint density at radius 2 is 1.80 bits per heavy atom. The second-order valence-electron chi connectivity index (χ2n) is 7.36. The number of methoxy groups -OCH3 is 1. The molecule has 2 heterocycles. The van der Waals surface area contributed by atoms with Crippen molar-refractivity contribution in [3.63, 3.8) is 0 Å². The Morgan fingerprint density at radius 3 is 2.43 bits per heavy atom. The number of benzene rings is 2. The monoisotopic (exact) mass is 414 g/mol. The molecule has 1 aromatic heterocycles. The number of rotatable bonds is 3. The van der Waals surface area contributed by atoms with Gasteiger partial charge in [0, 0.05) is 24.1 Å². The first-order valence-electron chi connectivity index (χ1n) is 9.49. The van der Waals surface area contributed by atoms with Crippen LogP contribution in [0.25, 0.3) is 22.3 Å². The predicted molar refractivity (Wildman–Crippen MR) is 108 cm³/mol. The minimum atomic E-state index is -1.05. The highest BCUT2D eigenvalue weighted by Crippen LogP contribution is 2.43. The third-order valence-electron chi connectivity index (χ3n) is 5.39. The Labute approximate surface area is 171 Å². The maximum atomic E-state index is 12.8. The zero-order chi connectivity index (χ0) is 21.6. The van der Waals surface area contributed by atoms with E-state index in [9.17, 15) is 25.2 Å². The van der Waals surface area contributed by atoms with Gasteiger partial charge in [-0.25, -0.2) is 0 Å². The summed E-state index contributed by atoms with van der Waals surface area (Å²) in [5.74, 6) is 0.220. The lowest BCUT2D eigenvalue weighted by Gasteiger charge is -2.36. The van der Waals surface area contributed by atoms with Crippen LogP contribution in [0.4, 0.5) is 0 Å². The molecule has 0 bridgehead atoms. The molecule has 4 rings (SSSR count). The van der Waals surface area contributed by atoms with Crippen molar-refractivity contribution in [3.05, 3.63) is 52.2 Å². The molecule has 4 N–H and O–H groups in total. The number of aromatic hydroxyl groups is 2. The maximum absolute atomic E-state index is 12.8. The minimum Gasteiger partial charge on any atom is -0.508 e. The highest BCUT2D eigenvalue weighted by molar-refractivity contribution is 5.89. The number of phenolic OH excluding ortho intramolecular Hbond substituents is 2. The van der Waals surface area contributed by atoms with Crippen molar-refractivity contribution < 1.29 is 34.3 Å². The van der Waals surface area contributed by atoms with E-state index in [4.69, 9.17) is 13.9 Å². The van der Waals surface area contributed by atoms with Crippen LogP contribution in [0.2, 0.25) is 0 Å². The zero-order valence-electron chi connectivity index (χ0n) is 16.4. The van der Waals surface area contributed by atoms with Crippen molar-refractivity contribution in [2.45, 2.75) is 37.8 Å². The van der Waals surface area contributed by atoms with E-state index in [2.05, 4.69) is 0 Å². The SMILES string of the molecule is COc1cc(O)c2c(=O)cc(-c3ccc(O)cc3)oc2c1[C@H]1C[C@H](O)[C@H](O)[C@@H](C)O1. The standard InChI is InChI=1S/C22H22O8/c1-10-21(27)15(26)9-18(29-10)20-17(28-2)8-14(25)19-13(24)7-16(30-22(19)20)11-3-5-12(23)6-4-11/h3-8,10,15,18,21,23,25-27H,9H2,1-2H3/t10-,15+,18-,21-/m1/s1. The summed E-state index contributed by atoms with van der Waals surface area (Å²) in [7, 11) is 1.41. The van der Waals surface area contributed by atoms with E-state index in [1.165, 1.54) is 31.4 Å². The average Bonchev–Trinajstić information content (AvgIpc) is 2.71. The van der Waals surface area contributed by atoms with Gasteiger partial charge in [0.05, 0.1) is 31.0 Å². The van der Waals surface area contributed by atoms with E-state index in [1.54, 1.807) is 19.1 Å². The summed E-state index contributed by atoms with van der Waals surface area (Å²) >= 11 is 0. The number of fused-ring (bicyclic) bond motifs is 1. The van der Waals surface area contributed by atoms with Crippen LogP contribution in [0.5, 0.6) is 17.2 Å². The number of phenols is 2. The van der Waals surface area contributed by atoms with Crippen LogP contribution in [0.15, 0.2) is 45.6 Å². The first-order valence-corrected chi connectivity index (χ1v) is 9.49. The summed E-state index contributed by atoms with van der Waals surface area (Å²) in [6, 6.07) is 8.69. The van der Waals surface area contributed by atoms with Gasteiger partial charge in [-0.05, 0) is 31.2 Å². The van der Waals surface area contributed by atoms with Gasteiger partial charge >= 0.3 is 0 Å². The average molecular weight is 414 g/mol. The Bertz CT molecular complexity index is 1120. The van der Waals surface area contributed by atoms with Crippen LogP contribution in [-0.4, -0.2) is 45.8 Å². The zero-order valence-corrected chi connectivity index (χ0v) is 16.4. The third-order valence-corrected chi connectivity index (χ3v) is 5.39. The van der Waals surface area contributed by atoms with Crippen LogP contribution in [0.1, 0.15) is 25.0 Å². The Balaban J connectivity index is 1.97. The molecule has 0 amide bonds. The predicted octanol–water partition coefficient (Wildman–Crippen LogP) is 2.45. The van der Waals surface area contributed by atoms with Gasteiger partial charge in [0.2, 0.25) is 0 Å². The number of hydrogen-bond donors (Lipinski definition) is 4. The van der Waals surface area contributed by atoms with Gasteiger partial charge in [-0.3, -0.25) is 4.79 Å². The van der Waals surface area contributed by atoms with Gasteiger partial charge in [0.15, 0.2) is 11.0 Å². The van der Waals surface area contributed by atoms with Gasteiger partial charge in [-0.15, -0.1) is 0 Å². The second-order valence-corrected chi connectivity index (χ2v) is 7.36. The highest BCUT2D eigenvalue weighted by atomic mass is 16.5. The van der Waals surface area contributed by atoms with Crippen molar-refractivity contribution in [3.8, 4) is 28.6 Å². The maximum Gasteiger partial charge on any atom is 0.197 e. The summed E-state index contributed by atoms with van der Waals surface area (Å²) in [4.78, 5) is 12.8. The van der Waals surface area contributed by atoms with E-state index in [-0.39, 0.29) is 40.4 Å². The summed E-state index contributed by atoms with van der Waals surface area (Å²) in [5.41, 5.74) is 0.516. The molecule has 8 heteroatoms. The molecule has 2 aromatic carbocycles. The Morgan fingerprint density at radius 1 is 1.10 bits per heavy atom. The molecule has 158 valence electrons. The smallest absolute Gasteiger partial charge is 0.197 e. The van der Waals surface area contributed by atoms with Gasteiger partial charge in [0.1, 0.15) is 34.5 Å². The fourth-order valence-corrected chi connectivity index (χ4v) is 3.81. The van der Waals surface area contributed by atoms with E-state index in [0.717, 1.165) is 0 Å². The molecule has 1 aliphatic rings. The fourth-order valence-electron chi connectivity index (χ4n) is 3.81. The van der Waals surface area contributed by atoms with Crippen molar-refractivity contribution in [1.82, 2.24) is 0 Å². The molecule has 4 atom stereocenters. The van der Waals surface area contributed by atoms with E-state index >= 15 is 0 Å². The molecule has 1 fully saturated rings. The van der Waals surface area contributed by atoms with Gasteiger partial charge < -0.3 is 34.3 Å². The minimum absolute atomic E-state index is 0.0369. The molecule has 0 aliphatic carbocycles. The van der Waals surface area contributed by atoms with Crippen molar-refractivity contribution in [1.29, 1.82) is 0 Å². The van der Waals surface area contributed by atoms with Gasteiger partial charge in [-0.2, -0.15) is 0 Å². The normalized spacial score (nSPS) is 24.1. The molecule has 30 heavy (non-hydrogen) atoms. The number of hydrogen-bond acceptors (Lipinski definition) is 8. The summed E-state index contributed by atoms with van der Waals surface area (Å²) in [6.07, 6.45) is -3.45. The van der Waals surface area contributed by atoms with Crippen LogP contribution in [-0.2, 0) is 4.74 Å². The molecule has 8 nitrogen and oxygen atoms in total. The molecular formula is C22H22O8. The molecule has 3 aromatic rings.